The van der Waals surface area contributed by atoms with Gasteiger partial charge in [0.1, 0.15) is 5.82 Å². The van der Waals surface area contributed by atoms with Crippen molar-refractivity contribution in [1.82, 2.24) is 10.2 Å². The van der Waals surface area contributed by atoms with E-state index < -0.39 is 11.8 Å². The second kappa shape index (κ2) is 6.19. The van der Waals surface area contributed by atoms with Gasteiger partial charge in [0.15, 0.2) is 0 Å². The number of hydrogen-bond acceptors (Lipinski definition) is 4. The van der Waals surface area contributed by atoms with Crippen LogP contribution in [0.1, 0.15) is 41.5 Å². The van der Waals surface area contributed by atoms with E-state index >= 15 is 0 Å². The van der Waals surface area contributed by atoms with Gasteiger partial charge in [-0.3, -0.25) is 0 Å². The van der Waals surface area contributed by atoms with E-state index in [1.807, 2.05) is 13.8 Å². The van der Waals surface area contributed by atoms with Gasteiger partial charge in [0.25, 0.3) is 0 Å². The number of hydrogen-bond donors (Lipinski definition) is 2. The van der Waals surface area contributed by atoms with Crippen molar-refractivity contribution in [3.05, 3.63) is 51.1 Å². The highest BCUT2D eigenvalue weighted by atomic mass is 35.5. The predicted molar refractivity (Wildman–Crippen MR) is 75.6 cm³/mol. The van der Waals surface area contributed by atoms with Crippen LogP contribution in [-0.2, 0) is 0 Å². The Morgan fingerprint density at radius 1 is 1.40 bits per heavy atom. The second-order valence-corrected chi connectivity index (χ2v) is 4.67. The number of nitrogens with two attached hydrogens (primary N) is 1. The van der Waals surface area contributed by atoms with Gasteiger partial charge in [0.2, 0.25) is 5.89 Å². The Morgan fingerprint density at radius 3 is 2.60 bits per heavy atom. The van der Waals surface area contributed by atoms with Crippen molar-refractivity contribution >= 4 is 12.4 Å². The number of aromatic amines is 1. The molecule has 0 bridgehead atoms. The van der Waals surface area contributed by atoms with Crippen LogP contribution in [0, 0.1) is 19.7 Å². The Morgan fingerprint density at radius 2 is 2.05 bits per heavy atom. The van der Waals surface area contributed by atoms with E-state index in [0.29, 0.717) is 5.56 Å². The molecule has 0 amide bonds. The van der Waals surface area contributed by atoms with Gasteiger partial charge in [-0.15, -0.1) is 17.5 Å². The molecule has 0 fully saturated rings. The normalized spacial score (nSPS) is 13.7. The molecular weight excluding hydrogens is 285 g/mol. The van der Waals surface area contributed by atoms with Gasteiger partial charge in [-0.25, -0.2) is 14.3 Å². The lowest BCUT2D eigenvalue weighted by atomic mass is 9.88. The van der Waals surface area contributed by atoms with Crippen LogP contribution in [0.5, 0.6) is 0 Å². The van der Waals surface area contributed by atoms with Gasteiger partial charge in [0, 0.05) is 5.92 Å². The van der Waals surface area contributed by atoms with E-state index in [0.717, 1.165) is 11.1 Å². The van der Waals surface area contributed by atoms with Crippen molar-refractivity contribution in [2.75, 3.05) is 0 Å². The summed E-state index contributed by atoms with van der Waals surface area (Å²) in [6, 6.07) is 2.46. The number of aryl methyl sites for hydroxylation is 1. The maximum absolute atomic E-state index is 14.0. The standard InChI is InChI=1S/C13H16FN3O2.ClH/c1-6-4-5-9(14)10(7(6)2)8(3)11(15)12-16-17-13(18)19-12;/h4-5,8,11H,15H2,1-3H3,(H,17,18);1H/t8-,11+;/m1./s1. The Kier molecular flexibility index (Phi) is 5.08. The highest BCUT2D eigenvalue weighted by Crippen LogP contribution is 2.32. The van der Waals surface area contributed by atoms with Crippen LogP contribution >= 0.6 is 12.4 Å². The highest BCUT2D eigenvalue weighted by Gasteiger charge is 2.25. The van der Waals surface area contributed by atoms with E-state index in [4.69, 9.17) is 10.2 Å². The quantitative estimate of drug-likeness (QED) is 0.911. The van der Waals surface area contributed by atoms with E-state index in [-0.39, 0.29) is 30.0 Å². The van der Waals surface area contributed by atoms with Gasteiger partial charge in [-0.2, -0.15) is 0 Å². The van der Waals surface area contributed by atoms with Crippen molar-refractivity contribution < 1.29 is 8.81 Å². The first-order valence-corrected chi connectivity index (χ1v) is 5.98. The summed E-state index contributed by atoms with van der Waals surface area (Å²) >= 11 is 0. The summed E-state index contributed by atoms with van der Waals surface area (Å²) in [5, 5.41) is 5.84. The average Bonchev–Trinajstić information content (AvgIpc) is 2.80. The third kappa shape index (κ3) is 2.91. The molecule has 0 aliphatic heterocycles. The Balaban J connectivity index is 0.00000200. The molecule has 110 valence electrons. The second-order valence-electron chi connectivity index (χ2n) is 4.67. The first kappa shape index (κ1) is 16.4. The van der Waals surface area contributed by atoms with Gasteiger partial charge < -0.3 is 10.2 Å². The fraction of sp³-hybridized carbons (Fsp3) is 0.385. The maximum Gasteiger partial charge on any atom is 0.434 e. The molecule has 0 spiro atoms. The summed E-state index contributed by atoms with van der Waals surface area (Å²) < 4.78 is 18.8. The van der Waals surface area contributed by atoms with Crippen LogP contribution in [0.25, 0.3) is 0 Å². The zero-order valence-electron chi connectivity index (χ0n) is 11.4. The predicted octanol–water partition coefficient (Wildman–Crippen LogP) is 2.34. The third-order valence-electron chi connectivity index (χ3n) is 3.47. The summed E-state index contributed by atoms with van der Waals surface area (Å²) in [7, 11) is 0. The Bertz CT molecular complexity index is 653. The SMILES string of the molecule is Cc1ccc(F)c([C@@H](C)[C@H](N)c2n[nH]c(=O)o2)c1C.Cl. The van der Waals surface area contributed by atoms with E-state index in [1.54, 1.807) is 13.0 Å². The number of nitrogens with one attached hydrogen (secondary N) is 1. The van der Waals surface area contributed by atoms with Crippen LogP contribution < -0.4 is 11.5 Å². The molecule has 0 unspecified atom stereocenters. The molecule has 5 nitrogen and oxygen atoms in total. The van der Waals surface area contributed by atoms with Gasteiger partial charge in [0.05, 0.1) is 6.04 Å². The molecule has 7 heteroatoms. The molecule has 3 N–H and O–H groups in total. The van der Waals surface area contributed by atoms with Crippen LogP contribution in [0.2, 0.25) is 0 Å². The minimum Gasteiger partial charge on any atom is -0.391 e. The number of benzene rings is 1. The van der Waals surface area contributed by atoms with E-state index in [1.165, 1.54) is 6.07 Å². The fourth-order valence-corrected chi connectivity index (χ4v) is 2.14. The molecule has 0 aliphatic carbocycles. The number of rotatable bonds is 3. The topological polar surface area (TPSA) is 84.9 Å². The summed E-state index contributed by atoms with van der Waals surface area (Å²) in [6.45, 7) is 5.53. The van der Waals surface area contributed by atoms with Crippen LogP contribution in [0.3, 0.4) is 0 Å². The summed E-state index contributed by atoms with van der Waals surface area (Å²) in [4.78, 5) is 10.9. The van der Waals surface area contributed by atoms with Gasteiger partial charge in [-0.1, -0.05) is 13.0 Å². The largest absolute Gasteiger partial charge is 0.434 e. The fourth-order valence-electron chi connectivity index (χ4n) is 2.14. The lowest BCUT2D eigenvalue weighted by Crippen LogP contribution is -2.20. The molecule has 1 heterocycles. The molecule has 0 saturated heterocycles. The molecule has 1 aromatic heterocycles. The number of nitrogens with zero attached hydrogens (tertiary/aromatic N) is 1. The molecular formula is C13H17ClFN3O2. The molecule has 2 aromatic rings. The first-order valence-electron chi connectivity index (χ1n) is 5.98. The first-order chi connectivity index (χ1) is 8.91. The maximum atomic E-state index is 14.0. The van der Waals surface area contributed by atoms with Crippen LogP contribution in [0.15, 0.2) is 21.3 Å². The molecule has 1 aromatic carbocycles. The minimum absolute atomic E-state index is 0. The lowest BCUT2D eigenvalue weighted by Gasteiger charge is -2.20. The van der Waals surface area contributed by atoms with Crippen molar-refractivity contribution in [3.63, 3.8) is 0 Å². The molecule has 0 saturated carbocycles. The van der Waals surface area contributed by atoms with Crippen molar-refractivity contribution in [2.24, 2.45) is 5.73 Å². The highest BCUT2D eigenvalue weighted by molar-refractivity contribution is 5.85. The Labute approximate surface area is 121 Å². The Hall–Kier alpha value is -1.66. The molecule has 2 rings (SSSR count). The van der Waals surface area contributed by atoms with Gasteiger partial charge in [-0.05, 0) is 36.6 Å². The molecule has 20 heavy (non-hydrogen) atoms. The summed E-state index contributed by atoms with van der Waals surface area (Å²) in [5.41, 5.74) is 8.35. The lowest BCUT2D eigenvalue weighted by molar-refractivity contribution is 0.396. The number of H-pyrrole nitrogens is 1. The average molecular weight is 302 g/mol. The third-order valence-corrected chi connectivity index (χ3v) is 3.47. The molecule has 0 aliphatic rings. The zero-order valence-corrected chi connectivity index (χ0v) is 12.3. The monoisotopic (exact) mass is 301 g/mol. The van der Waals surface area contributed by atoms with E-state index in [2.05, 4.69) is 10.2 Å². The van der Waals surface area contributed by atoms with Crippen molar-refractivity contribution in [3.8, 4) is 0 Å². The molecule has 0 radical (unpaired) electrons. The zero-order chi connectivity index (χ0) is 14.2. The van der Waals surface area contributed by atoms with Crippen molar-refractivity contribution in [2.45, 2.75) is 32.7 Å². The van der Waals surface area contributed by atoms with Crippen molar-refractivity contribution in [1.29, 1.82) is 0 Å². The summed E-state index contributed by atoms with van der Waals surface area (Å²) in [6.07, 6.45) is 0. The van der Waals surface area contributed by atoms with Crippen LogP contribution in [0.4, 0.5) is 4.39 Å². The minimum atomic E-state index is -0.686. The number of halogens is 2. The molecule has 2 atom stereocenters. The van der Waals surface area contributed by atoms with Gasteiger partial charge >= 0.3 is 5.76 Å². The smallest absolute Gasteiger partial charge is 0.391 e. The number of aromatic nitrogens is 2. The van der Waals surface area contributed by atoms with E-state index in [9.17, 15) is 9.18 Å². The summed E-state index contributed by atoms with van der Waals surface area (Å²) in [5.74, 6) is -1.26. The van der Waals surface area contributed by atoms with Crippen LogP contribution in [-0.4, -0.2) is 10.2 Å².